The van der Waals surface area contributed by atoms with Crippen molar-refractivity contribution >= 4 is 10.9 Å². The van der Waals surface area contributed by atoms with Gasteiger partial charge in [-0.15, -0.1) is 0 Å². The fourth-order valence-corrected chi connectivity index (χ4v) is 3.65. The van der Waals surface area contributed by atoms with Crippen LogP contribution in [0.5, 0.6) is 0 Å². The number of halogens is 1. The van der Waals surface area contributed by atoms with E-state index in [1.54, 1.807) is 12.4 Å². The van der Waals surface area contributed by atoms with E-state index in [0.717, 1.165) is 24.2 Å². The van der Waals surface area contributed by atoms with Crippen molar-refractivity contribution in [3.63, 3.8) is 0 Å². The molecule has 0 amide bonds. The fourth-order valence-electron chi connectivity index (χ4n) is 3.65. The van der Waals surface area contributed by atoms with Crippen molar-refractivity contribution in [1.82, 2.24) is 25.2 Å². The Labute approximate surface area is 146 Å². The van der Waals surface area contributed by atoms with Crippen molar-refractivity contribution in [3.8, 4) is 0 Å². The maximum Gasteiger partial charge on any atom is 0.115 e. The second-order valence-electron chi connectivity index (χ2n) is 6.65. The van der Waals surface area contributed by atoms with E-state index in [4.69, 9.17) is 0 Å². The number of benzene rings is 1. The molecule has 1 saturated heterocycles. The van der Waals surface area contributed by atoms with E-state index in [1.165, 1.54) is 17.3 Å². The van der Waals surface area contributed by atoms with E-state index >= 15 is 0 Å². The molecule has 1 aliphatic rings. The lowest BCUT2D eigenvalue weighted by molar-refractivity contribution is 0.229. The summed E-state index contributed by atoms with van der Waals surface area (Å²) in [5, 5.41) is 4.75. The number of likely N-dealkylation sites (tertiary alicyclic amines) is 1. The van der Waals surface area contributed by atoms with Gasteiger partial charge >= 0.3 is 0 Å². The summed E-state index contributed by atoms with van der Waals surface area (Å²) in [6.07, 6.45) is 6.90. The van der Waals surface area contributed by atoms with Gasteiger partial charge in [0.25, 0.3) is 0 Å². The second-order valence-corrected chi connectivity index (χ2v) is 6.65. The first kappa shape index (κ1) is 16.2. The normalized spacial score (nSPS) is 21.2. The maximum atomic E-state index is 13.9. The molecule has 1 fully saturated rings. The molecule has 25 heavy (non-hydrogen) atoms. The van der Waals surface area contributed by atoms with Crippen molar-refractivity contribution in [2.24, 2.45) is 0 Å². The molecule has 0 bridgehead atoms. The van der Waals surface area contributed by atoms with Crippen molar-refractivity contribution in [3.05, 3.63) is 60.3 Å². The van der Waals surface area contributed by atoms with E-state index in [1.807, 2.05) is 6.20 Å². The van der Waals surface area contributed by atoms with Crippen molar-refractivity contribution in [1.29, 1.82) is 0 Å². The Morgan fingerprint density at radius 3 is 3.00 bits per heavy atom. The van der Waals surface area contributed by atoms with Crippen molar-refractivity contribution < 1.29 is 4.39 Å². The zero-order valence-corrected chi connectivity index (χ0v) is 14.0. The van der Waals surface area contributed by atoms with Gasteiger partial charge in [-0.1, -0.05) is 12.1 Å². The third kappa shape index (κ3) is 3.70. The summed E-state index contributed by atoms with van der Waals surface area (Å²) in [4.78, 5) is 13.5. The zero-order chi connectivity index (χ0) is 17.1. The van der Waals surface area contributed by atoms with Gasteiger partial charge in [-0.25, -0.2) is 14.4 Å². The van der Waals surface area contributed by atoms with Crippen LogP contribution in [0.4, 0.5) is 4.39 Å². The summed E-state index contributed by atoms with van der Waals surface area (Å²) < 4.78 is 13.9. The number of rotatable bonds is 6. The van der Waals surface area contributed by atoms with E-state index < -0.39 is 6.17 Å². The van der Waals surface area contributed by atoms with E-state index in [0.29, 0.717) is 19.5 Å². The number of aromatic amines is 1. The molecule has 5 nitrogen and oxygen atoms in total. The highest BCUT2D eigenvalue weighted by Crippen LogP contribution is 2.22. The van der Waals surface area contributed by atoms with Crippen LogP contribution in [-0.4, -0.2) is 45.2 Å². The molecule has 0 spiro atoms. The molecule has 1 aliphatic heterocycles. The molecular formula is C19H22FN5. The van der Waals surface area contributed by atoms with E-state index in [9.17, 15) is 4.39 Å². The predicted molar refractivity (Wildman–Crippen MR) is 95.7 cm³/mol. The van der Waals surface area contributed by atoms with Crippen LogP contribution < -0.4 is 5.32 Å². The van der Waals surface area contributed by atoms with Crippen LogP contribution in [0.25, 0.3) is 10.9 Å². The van der Waals surface area contributed by atoms with Gasteiger partial charge in [0.2, 0.25) is 0 Å². The smallest absolute Gasteiger partial charge is 0.115 e. The number of hydrogen-bond acceptors (Lipinski definition) is 4. The first-order chi connectivity index (χ1) is 12.3. The lowest BCUT2D eigenvalue weighted by Crippen LogP contribution is -2.37. The topological polar surface area (TPSA) is 56.8 Å². The molecule has 4 rings (SSSR count). The minimum Gasteiger partial charge on any atom is -0.361 e. The lowest BCUT2D eigenvalue weighted by atomic mass is 10.1. The number of nitrogens with zero attached hydrogens (tertiary/aromatic N) is 3. The number of aromatic nitrogens is 3. The van der Waals surface area contributed by atoms with Gasteiger partial charge in [0.15, 0.2) is 0 Å². The Hall–Kier alpha value is -2.31. The van der Waals surface area contributed by atoms with Gasteiger partial charge < -0.3 is 10.3 Å². The van der Waals surface area contributed by atoms with Gasteiger partial charge in [0.1, 0.15) is 12.5 Å². The average molecular weight is 339 g/mol. The number of nitrogens with one attached hydrogen (secondary N) is 2. The van der Waals surface area contributed by atoms with Crippen LogP contribution in [0.15, 0.2) is 49.2 Å². The van der Waals surface area contributed by atoms with Crippen LogP contribution in [0.1, 0.15) is 17.5 Å². The second kappa shape index (κ2) is 7.29. The maximum absolute atomic E-state index is 13.9. The SMILES string of the molecule is F[C@H]1C[C@@H](CNCc2cccc3[nH]ccc23)N(Cc2cncnc2)C1. The summed E-state index contributed by atoms with van der Waals surface area (Å²) in [5.74, 6) is 0. The molecule has 3 aromatic rings. The molecular weight excluding hydrogens is 317 g/mol. The Kier molecular flexibility index (Phi) is 4.72. The summed E-state index contributed by atoms with van der Waals surface area (Å²) in [5.41, 5.74) is 3.44. The molecule has 3 heterocycles. The van der Waals surface area contributed by atoms with Crippen LogP contribution in [0.3, 0.4) is 0 Å². The number of H-pyrrole nitrogens is 1. The largest absolute Gasteiger partial charge is 0.361 e. The van der Waals surface area contributed by atoms with Crippen molar-refractivity contribution in [2.75, 3.05) is 13.1 Å². The van der Waals surface area contributed by atoms with Gasteiger partial charge in [-0.05, 0) is 24.1 Å². The van der Waals surface area contributed by atoms with Crippen molar-refractivity contribution in [2.45, 2.75) is 31.7 Å². The van der Waals surface area contributed by atoms with Crippen LogP contribution in [-0.2, 0) is 13.1 Å². The van der Waals surface area contributed by atoms with Gasteiger partial charge in [-0.3, -0.25) is 4.90 Å². The Morgan fingerprint density at radius 2 is 2.12 bits per heavy atom. The summed E-state index contributed by atoms with van der Waals surface area (Å²) in [6.45, 7) is 2.73. The molecule has 6 heteroatoms. The predicted octanol–water partition coefficient (Wildman–Crippen LogP) is 2.66. The third-order valence-corrected chi connectivity index (χ3v) is 4.86. The molecule has 1 aromatic carbocycles. The standard InChI is InChI=1S/C19H22FN5/c20-16-6-17(25(12-16)11-14-7-22-13-23-8-14)10-21-9-15-2-1-3-19-18(15)4-5-24-19/h1-5,7-8,13,16-17,21,24H,6,9-12H2/t16-,17-/m0/s1. The highest BCUT2D eigenvalue weighted by atomic mass is 19.1. The molecule has 0 unspecified atom stereocenters. The number of alkyl halides is 1. The summed E-state index contributed by atoms with van der Waals surface area (Å²) in [7, 11) is 0. The quantitative estimate of drug-likeness (QED) is 0.725. The highest BCUT2D eigenvalue weighted by Gasteiger charge is 2.31. The van der Waals surface area contributed by atoms with Crippen LogP contribution in [0, 0.1) is 0 Å². The van der Waals surface area contributed by atoms with E-state index in [-0.39, 0.29) is 6.04 Å². The Balaban J connectivity index is 1.37. The average Bonchev–Trinajstić information content (AvgIpc) is 3.23. The van der Waals surface area contributed by atoms with Gasteiger partial charge in [-0.2, -0.15) is 0 Å². The lowest BCUT2D eigenvalue weighted by Gasteiger charge is -2.24. The molecule has 0 saturated carbocycles. The Morgan fingerprint density at radius 1 is 1.24 bits per heavy atom. The number of hydrogen-bond donors (Lipinski definition) is 2. The first-order valence-corrected chi connectivity index (χ1v) is 8.67. The highest BCUT2D eigenvalue weighted by molar-refractivity contribution is 5.82. The molecule has 2 N–H and O–H groups in total. The fraction of sp³-hybridized carbons (Fsp3) is 0.368. The molecule has 0 radical (unpaired) electrons. The molecule has 2 aromatic heterocycles. The van der Waals surface area contributed by atoms with Crippen LogP contribution >= 0.6 is 0 Å². The third-order valence-electron chi connectivity index (χ3n) is 4.86. The molecule has 0 aliphatic carbocycles. The summed E-state index contributed by atoms with van der Waals surface area (Å²) in [6, 6.07) is 8.56. The first-order valence-electron chi connectivity index (χ1n) is 8.67. The molecule has 2 atom stereocenters. The Bertz CT molecular complexity index is 819. The van der Waals surface area contributed by atoms with Gasteiger partial charge in [0.05, 0.1) is 0 Å². The van der Waals surface area contributed by atoms with Crippen LogP contribution in [0.2, 0.25) is 0 Å². The zero-order valence-electron chi connectivity index (χ0n) is 14.0. The molecule has 130 valence electrons. The summed E-state index contributed by atoms with van der Waals surface area (Å²) >= 11 is 0. The van der Waals surface area contributed by atoms with Gasteiger partial charge in [0, 0.05) is 67.3 Å². The number of fused-ring (bicyclic) bond motifs is 1. The monoisotopic (exact) mass is 339 g/mol. The van der Waals surface area contributed by atoms with E-state index in [2.05, 4.69) is 49.4 Å². The minimum absolute atomic E-state index is 0.195. The minimum atomic E-state index is -0.760.